The summed E-state index contributed by atoms with van der Waals surface area (Å²) in [5, 5.41) is 10.5. The quantitative estimate of drug-likeness (QED) is 0.254. The maximum Gasteiger partial charge on any atom is 0.285 e. The van der Waals surface area contributed by atoms with Crippen molar-refractivity contribution in [1.82, 2.24) is 10.4 Å². The van der Waals surface area contributed by atoms with Gasteiger partial charge in [0.2, 0.25) is 0 Å². The van der Waals surface area contributed by atoms with Crippen molar-refractivity contribution >= 4 is 73.7 Å². The van der Waals surface area contributed by atoms with Gasteiger partial charge in [-0.05, 0) is 93.9 Å². The summed E-state index contributed by atoms with van der Waals surface area (Å²) in [5.74, 6) is 0.0171. The second kappa shape index (κ2) is 11.8. The van der Waals surface area contributed by atoms with E-state index in [4.69, 9.17) is 38.6 Å². The third-order valence-electron chi connectivity index (χ3n) is 5.13. The van der Waals surface area contributed by atoms with E-state index in [1.54, 1.807) is 54.6 Å². The topological polar surface area (TPSA) is 91.7 Å². The molecule has 3 aromatic carbocycles. The number of hydrogen-bond acceptors (Lipinski definition) is 7. The van der Waals surface area contributed by atoms with Crippen molar-refractivity contribution in [3.63, 3.8) is 0 Å². The highest BCUT2D eigenvalue weighted by Gasteiger charge is 2.34. The number of carbonyl (C=O) groups excluding carboxylic acids is 2. The van der Waals surface area contributed by atoms with E-state index in [-0.39, 0.29) is 10.9 Å². The molecule has 0 saturated carbocycles. The third-order valence-corrected chi connectivity index (χ3v) is 7.27. The summed E-state index contributed by atoms with van der Waals surface area (Å²) < 4.78 is 12.3. The minimum Gasteiger partial charge on any atom is -0.493 e. The van der Waals surface area contributed by atoms with E-state index in [0.29, 0.717) is 42.6 Å². The van der Waals surface area contributed by atoms with E-state index < -0.39 is 11.8 Å². The molecule has 1 heterocycles. The average Bonchev–Trinajstić information content (AvgIpc) is 3.15. The van der Waals surface area contributed by atoms with E-state index in [9.17, 15) is 9.59 Å². The van der Waals surface area contributed by atoms with Gasteiger partial charge in [0.15, 0.2) is 15.8 Å². The lowest BCUT2D eigenvalue weighted by molar-refractivity contribution is -0.123. The Balaban J connectivity index is 1.49. The van der Waals surface area contributed by atoms with Crippen LogP contribution in [0, 0.1) is 11.3 Å². The number of nitriles is 1. The molecule has 1 saturated heterocycles. The number of benzene rings is 3. The van der Waals surface area contributed by atoms with E-state index >= 15 is 0 Å². The maximum absolute atomic E-state index is 13.0. The zero-order chi connectivity index (χ0) is 26.5. The van der Waals surface area contributed by atoms with Crippen molar-refractivity contribution in [2.45, 2.75) is 6.61 Å². The Hall–Kier alpha value is -3.36. The number of thioether (sulfide) groups is 1. The standard InChI is InChI=1S/C26H17BrClN3O4S2/c1-34-21-11-17(10-20(27)23(21)35-14-16-4-2-15(13-29)3-5-16)12-22-25(33)31(26(36)37-22)30-24(32)18-6-8-19(28)9-7-18/h2-12H,14H2,1H3,(H,30,32)/b22-12+. The molecule has 1 N–H and O–H groups in total. The first kappa shape index (κ1) is 26.7. The highest BCUT2D eigenvalue weighted by Crippen LogP contribution is 2.39. The molecule has 1 fully saturated rings. The van der Waals surface area contributed by atoms with Crippen molar-refractivity contribution in [3.05, 3.63) is 97.3 Å². The Bertz CT molecular complexity index is 1450. The second-order valence-electron chi connectivity index (χ2n) is 7.60. The number of hydrogen-bond donors (Lipinski definition) is 1. The molecule has 7 nitrogen and oxygen atoms in total. The van der Waals surface area contributed by atoms with Crippen molar-refractivity contribution in [1.29, 1.82) is 5.26 Å². The van der Waals surface area contributed by atoms with E-state index in [2.05, 4.69) is 27.4 Å². The number of carbonyl (C=O) groups is 2. The van der Waals surface area contributed by atoms with E-state index in [1.165, 1.54) is 7.11 Å². The summed E-state index contributed by atoms with van der Waals surface area (Å²) >= 11 is 15.8. The van der Waals surface area contributed by atoms with Crippen LogP contribution in [0.5, 0.6) is 11.5 Å². The summed E-state index contributed by atoms with van der Waals surface area (Å²) in [4.78, 5) is 25.9. The van der Waals surface area contributed by atoms with Crippen molar-refractivity contribution in [3.8, 4) is 17.6 Å². The minimum atomic E-state index is -0.484. The summed E-state index contributed by atoms with van der Waals surface area (Å²) in [5.41, 5.74) is 5.01. The van der Waals surface area contributed by atoms with Gasteiger partial charge < -0.3 is 9.47 Å². The SMILES string of the molecule is COc1cc(/C=C2/SC(=S)N(NC(=O)c3ccc(Cl)cc3)C2=O)cc(Br)c1OCc1ccc(C#N)cc1. The molecule has 0 radical (unpaired) electrons. The number of amides is 2. The molecule has 0 aliphatic carbocycles. The van der Waals surface area contributed by atoms with Crippen LogP contribution in [-0.4, -0.2) is 28.3 Å². The zero-order valence-electron chi connectivity index (χ0n) is 19.2. The first-order valence-electron chi connectivity index (χ1n) is 10.6. The van der Waals surface area contributed by atoms with E-state index in [1.807, 2.05) is 12.1 Å². The second-order valence-corrected chi connectivity index (χ2v) is 10.6. The molecule has 0 spiro atoms. The lowest BCUT2D eigenvalue weighted by Gasteiger charge is -2.15. The first-order chi connectivity index (χ1) is 17.8. The fourth-order valence-electron chi connectivity index (χ4n) is 3.28. The maximum atomic E-state index is 13.0. The number of halogens is 2. The lowest BCUT2D eigenvalue weighted by Crippen LogP contribution is -2.44. The highest BCUT2D eigenvalue weighted by atomic mass is 79.9. The molecule has 0 unspecified atom stereocenters. The predicted molar refractivity (Wildman–Crippen MR) is 150 cm³/mol. The average molecular weight is 615 g/mol. The molecule has 186 valence electrons. The normalized spacial score (nSPS) is 14.0. The Morgan fingerprint density at radius 2 is 1.92 bits per heavy atom. The summed E-state index contributed by atoms with van der Waals surface area (Å²) in [6, 6.07) is 19.0. The Kier molecular flexibility index (Phi) is 8.51. The van der Waals surface area contributed by atoms with Crippen LogP contribution in [0.2, 0.25) is 5.02 Å². The fourth-order valence-corrected chi connectivity index (χ4v) is 5.16. The van der Waals surface area contributed by atoms with Crippen LogP contribution in [0.3, 0.4) is 0 Å². The van der Waals surface area contributed by atoms with E-state index in [0.717, 1.165) is 22.3 Å². The molecule has 1 aliphatic rings. The lowest BCUT2D eigenvalue weighted by atomic mass is 10.1. The molecule has 3 aromatic rings. The smallest absolute Gasteiger partial charge is 0.285 e. The Morgan fingerprint density at radius 3 is 2.57 bits per heavy atom. The Labute approximate surface area is 236 Å². The van der Waals surface area contributed by atoms with Gasteiger partial charge in [-0.15, -0.1) is 0 Å². The van der Waals surface area contributed by atoms with Gasteiger partial charge in [0.1, 0.15) is 6.61 Å². The minimum absolute atomic E-state index is 0.201. The number of nitrogens with one attached hydrogen (secondary N) is 1. The molecule has 2 amide bonds. The van der Waals surface area contributed by atoms with Crippen molar-refractivity contribution in [2.24, 2.45) is 0 Å². The number of methoxy groups -OCH3 is 1. The van der Waals surface area contributed by atoms with Gasteiger partial charge >= 0.3 is 0 Å². The number of rotatable bonds is 7. The van der Waals surface area contributed by atoms with Crippen LogP contribution in [0.1, 0.15) is 27.0 Å². The first-order valence-corrected chi connectivity index (χ1v) is 13.0. The number of thiocarbonyl (C=S) groups is 1. The molecular formula is C26H17BrClN3O4S2. The van der Waals surface area contributed by atoms with Gasteiger partial charge in [0.05, 0.1) is 28.1 Å². The number of hydrazine groups is 1. The van der Waals surface area contributed by atoms with Gasteiger partial charge in [0, 0.05) is 10.6 Å². The molecule has 37 heavy (non-hydrogen) atoms. The third kappa shape index (κ3) is 6.32. The molecule has 0 bridgehead atoms. The summed E-state index contributed by atoms with van der Waals surface area (Å²) in [6.07, 6.45) is 1.66. The van der Waals surface area contributed by atoms with Crippen LogP contribution in [-0.2, 0) is 11.4 Å². The predicted octanol–water partition coefficient (Wildman–Crippen LogP) is 6.11. The monoisotopic (exact) mass is 613 g/mol. The summed E-state index contributed by atoms with van der Waals surface area (Å²) in [6.45, 7) is 0.270. The number of ether oxygens (including phenoxy) is 2. The van der Waals surface area contributed by atoms with Crippen LogP contribution >= 0.6 is 51.5 Å². The fraction of sp³-hybridized carbons (Fsp3) is 0.0769. The van der Waals surface area contributed by atoms with Crippen molar-refractivity contribution in [2.75, 3.05) is 7.11 Å². The molecule has 0 aromatic heterocycles. The van der Waals surface area contributed by atoms with Gasteiger partial charge in [0.25, 0.3) is 11.8 Å². The van der Waals surface area contributed by atoms with Gasteiger partial charge in [-0.25, -0.2) is 0 Å². The number of nitrogens with zero attached hydrogens (tertiary/aromatic N) is 2. The molecule has 0 atom stereocenters. The van der Waals surface area contributed by atoms with Gasteiger partial charge in [-0.3, -0.25) is 15.0 Å². The van der Waals surface area contributed by atoms with Gasteiger partial charge in [-0.1, -0.05) is 35.5 Å². The zero-order valence-corrected chi connectivity index (χ0v) is 23.1. The largest absolute Gasteiger partial charge is 0.493 e. The van der Waals surface area contributed by atoms with Crippen LogP contribution < -0.4 is 14.9 Å². The molecule has 1 aliphatic heterocycles. The summed E-state index contributed by atoms with van der Waals surface area (Å²) in [7, 11) is 1.52. The van der Waals surface area contributed by atoms with Crippen LogP contribution in [0.25, 0.3) is 6.08 Å². The molecule has 4 rings (SSSR count). The highest BCUT2D eigenvalue weighted by molar-refractivity contribution is 9.10. The molecule has 11 heteroatoms. The Morgan fingerprint density at radius 1 is 1.22 bits per heavy atom. The molecular weight excluding hydrogens is 598 g/mol. The van der Waals surface area contributed by atoms with Crippen molar-refractivity contribution < 1.29 is 19.1 Å². The van der Waals surface area contributed by atoms with Crippen LogP contribution in [0.4, 0.5) is 0 Å². The van der Waals surface area contributed by atoms with Crippen LogP contribution in [0.15, 0.2) is 70.0 Å². The van der Waals surface area contributed by atoms with Gasteiger partial charge in [-0.2, -0.15) is 10.3 Å².